The van der Waals surface area contributed by atoms with Crippen LogP contribution in [-0.4, -0.2) is 24.1 Å². The normalized spacial score (nSPS) is 26.3. The minimum atomic E-state index is -0.475. The van der Waals surface area contributed by atoms with E-state index in [-0.39, 0.29) is 10.8 Å². The lowest BCUT2D eigenvalue weighted by Gasteiger charge is -2.11. The second kappa shape index (κ2) is 3.75. The molecular formula is C10H12N2O2. The van der Waals surface area contributed by atoms with Crippen LogP contribution >= 0.6 is 0 Å². The maximum atomic E-state index is 10.8. The predicted octanol–water partition coefficient (Wildman–Crippen LogP) is 1.02. The lowest BCUT2D eigenvalue weighted by Crippen LogP contribution is -2.26. The number of hydrogen-bond acceptors (Lipinski definition) is 3. The number of rotatable bonds is 2. The van der Waals surface area contributed by atoms with Crippen molar-refractivity contribution in [3.8, 4) is 0 Å². The van der Waals surface area contributed by atoms with E-state index in [2.05, 4.69) is 5.32 Å². The minimum absolute atomic E-state index is 0.0196. The van der Waals surface area contributed by atoms with Crippen LogP contribution in [0.3, 0.4) is 0 Å². The van der Waals surface area contributed by atoms with Gasteiger partial charge in [0.25, 0.3) is 0 Å². The molecule has 0 bridgehead atoms. The fourth-order valence-electron chi connectivity index (χ4n) is 1.93. The zero-order valence-corrected chi connectivity index (χ0v) is 7.72. The van der Waals surface area contributed by atoms with E-state index in [4.69, 9.17) is 0 Å². The molecule has 0 amide bonds. The third kappa shape index (κ3) is 1.61. The van der Waals surface area contributed by atoms with Gasteiger partial charge in [0.2, 0.25) is 6.04 Å². The van der Waals surface area contributed by atoms with E-state index in [1.807, 2.05) is 30.3 Å². The molecule has 1 aliphatic rings. The van der Waals surface area contributed by atoms with Crippen LogP contribution in [0.5, 0.6) is 0 Å². The Bertz CT molecular complexity index is 326. The van der Waals surface area contributed by atoms with E-state index < -0.39 is 6.04 Å². The first-order chi connectivity index (χ1) is 6.79. The Balaban J connectivity index is 2.22. The van der Waals surface area contributed by atoms with Gasteiger partial charge in [-0.25, -0.2) is 0 Å². The van der Waals surface area contributed by atoms with Crippen molar-refractivity contribution in [2.45, 2.75) is 12.0 Å². The third-order valence-electron chi connectivity index (χ3n) is 2.68. The molecule has 0 radical (unpaired) electrons. The molecule has 0 unspecified atom stereocenters. The Morgan fingerprint density at radius 2 is 2.00 bits per heavy atom. The Morgan fingerprint density at radius 1 is 1.29 bits per heavy atom. The molecule has 1 aromatic rings. The van der Waals surface area contributed by atoms with Crippen molar-refractivity contribution in [3.63, 3.8) is 0 Å². The van der Waals surface area contributed by atoms with Gasteiger partial charge in [0, 0.05) is 11.5 Å². The Kier molecular flexibility index (Phi) is 2.45. The molecule has 1 heterocycles. The van der Waals surface area contributed by atoms with Crippen LogP contribution in [0.15, 0.2) is 30.3 Å². The molecule has 14 heavy (non-hydrogen) atoms. The smallest absolute Gasteiger partial charge is 0.233 e. The molecule has 2 atom stereocenters. The average Bonchev–Trinajstić information content (AvgIpc) is 2.67. The summed E-state index contributed by atoms with van der Waals surface area (Å²) >= 11 is 0. The summed E-state index contributed by atoms with van der Waals surface area (Å²) in [5.41, 5.74) is 1.05. The van der Waals surface area contributed by atoms with Gasteiger partial charge in [-0.2, -0.15) is 0 Å². The number of nitrogens with one attached hydrogen (secondary N) is 1. The summed E-state index contributed by atoms with van der Waals surface area (Å²) in [5, 5.41) is 13.8. The molecule has 1 saturated heterocycles. The molecule has 0 aromatic heterocycles. The molecule has 1 aliphatic heterocycles. The SMILES string of the molecule is O=[N+]([O-])[C@@H]1CNC[C@H]1c1ccccc1. The van der Waals surface area contributed by atoms with Crippen molar-refractivity contribution in [1.29, 1.82) is 0 Å². The average molecular weight is 192 g/mol. The fourth-order valence-corrected chi connectivity index (χ4v) is 1.93. The Hall–Kier alpha value is -1.42. The standard InChI is InChI=1S/C10H12N2O2/c13-12(14)10-7-11-6-9(10)8-4-2-1-3-5-8/h1-5,9-11H,6-7H2/t9-,10+/m0/s1. The summed E-state index contributed by atoms with van der Waals surface area (Å²) in [7, 11) is 0. The first kappa shape index (κ1) is 9.15. The second-order valence-corrected chi connectivity index (χ2v) is 3.53. The third-order valence-corrected chi connectivity index (χ3v) is 2.68. The van der Waals surface area contributed by atoms with E-state index in [0.717, 1.165) is 5.56 Å². The van der Waals surface area contributed by atoms with Gasteiger partial charge >= 0.3 is 0 Å². The van der Waals surface area contributed by atoms with Gasteiger partial charge in [-0.3, -0.25) is 10.1 Å². The van der Waals surface area contributed by atoms with Crippen molar-refractivity contribution < 1.29 is 4.92 Å². The molecule has 1 fully saturated rings. The second-order valence-electron chi connectivity index (χ2n) is 3.53. The van der Waals surface area contributed by atoms with Gasteiger partial charge in [-0.15, -0.1) is 0 Å². The highest BCUT2D eigenvalue weighted by atomic mass is 16.6. The fraction of sp³-hybridized carbons (Fsp3) is 0.400. The number of nitrogens with zero attached hydrogens (tertiary/aromatic N) is 1. The quantitative estimate of drug-likeness (QED) is 0.562. The van der Waals surface area contributed by atoms with Crippen molar-refractivity contribution >= 4 is 0 Å². The van der Waals surface area contributed by atoms with Crippen molar-refractivity contribution in [2.75, 3.05) is 13.1 Å². The van der Waals surface area contributed by atoms with Crippen LogP contribution in [0, 0.1) is 10.1 Å². The van der Waals surface area contributed by atoms with Gasteiger partial charge in [0.15, 0.2) is 0 Å². The number of hydrogen-bond donors (Lipinski definition) is 1. The van der Waals surface area contributed by atoms with Crippen LogP contribution in [-0.2, 0) is 0 Å². The first-order valence-corrected chi connectivity index (χ1v) is 4.68. The van der Waals surface area contributed by atoms with Crippen LogP contribution in [0.4, 0.5) is 0 Å². The van der Waals surface area contributed by atoms with E-state index in [9.17, 15) is 10.1 Å². The number of benzene rings is 1. The Labute approximate surface area is 82.1 Å². The molecule has 0 saturated carbocycles. The molecule has 1 aromatic carbocycles. The summed E-state index contributed by atoms with van der Waals surface area (Å²) in [5.74, 6) is 0.0196. The molecule has 0 aliphatic carbocycles. The van der Waals surface area contributed by atoms with Gasteiger partial charge in [0.05, 0.1) is 12.5 Å². The van der Waals surface area contributed by atoms with Crippen LogP contribution in [0.25, 0.3) is 0 Å². The summed E-state index contributed by atoms with van der Waals surface area (Å²) in [6.45, 7) is 1.18. The number of nitro groups is 1. The van der Waals surface area contributed by atoms with Crippen molar-refractivity contribution in [2.24, 2.45) is 0 Å². The summed E-state index contributed by atoms with van der Waals surface area (Å²) in [6.07, 6.45) is 0. The lowest BCUT2D eigenvalue weighted by molar-refractivity contribution is -0.520. The lowest BCUT2D eigenvalue weighted by atomic mass is 9.95. The Morgan fingerprint density at radius 3 is 2.64 bits per heavy atom. The van der Waals surface area contributed by atoms with E-state index in [1.54, 1.807) is 0 Å². The van der Waals surface area contributed by atoms with E-state index in [1.165, 1.54) is 0 Å². The molecule has 4 nitrogen and oxygen atoms in total. The van der Waals surface area contributed by atoms with Crippen molar-refractivity contribution in [3.05, 3.63) is 46.0 Å². The molecule has 74 valence electrons. The van der Waals surface area contributed by atoms with E-state index in [0.29, 0.717) is 13.1 Å². The highest BCUT2D eigenvalue weighted by Gasteiger charge is 2.36. The zero-order chi connectivity index (χ0) is 9.97. The maximum absolute atomic E-state index is 10.8. The van der Waals surface area contributed by atoms with Crippen molar-refractivity contribution in [1.82, 2.24) is 5.32 Å². The van der Waals surface area contributed by atoms with Crippen LogP contribution in [0.1, 0.15) is 11.5 Å². The maximum Gasteiger partial charge on any atom is 0.233 e. The van der Waals surface area contributed by atoms with Gasteiger partial charge < -0.3 is 5.32 Å². The molecular weight excluding hydrogens is 180 g/mol. The van der Waals surface area contributed by atoms with Crippen LogP contribution in [0.2, 0.25) is 0 Å². The molecule has 2 rings (SSSR count). The first-order valence-electron chi connectivity index (χ1n) is 4.68. The summed E-state index contributed by atoms with van der Waals surface area (Å²) < 4.78 is 0. The van der Waals surface area contributed by atoms with Gasteiger partial charge in [-0.05, 0) is 5.56 Å². The van der Waals surface area contributed by atoms with Gasteiger partial charge in [-0.1, -0.05) is 30.3 Å². The van der Waals surface area contributed by atoms with Gasteiger partial charge in [0.1, 0.15) is 0 Å². The monoisotopic (exact) mass is 192 g/mol. The minimum Gasteiger partial charge on any atom is -0.310 e. The zero-order valence-electron chi connectivity index (χ0n) is 7.72. The van der Waals surface area contributed by atoms with Crippen LogP contribution < -0.4 is 5.32 Å². The molecule has 0 spiro atoms. The van der Waals surface area contributed by atoms with E-state index >= 15 is 0 Å². The topological polar surface area (TPSA) is 55.2 Å². The highest BCUT2D eigenvalue weighted by Crippen LogP contribution is 2.24. The highest BCUT2D eigenvalue weighted by molar-refractivity contribution is 5.22. The molecule has 4 heteroatoms. The summed E-state index contributed by atoms with van der Waals surface area (Å²) in [4.78, 5) is 10.6. The molecule has 1 N–H and O–H groups in total. The predicted molar refractivity (Wildman–Crippen MR) is 52.8 cm³/mol. The summed E-state index contributed by atoms with van der Waals surface area (Å²) in [6, 6.07) is 9.20. The largest absolute Gasteiger partial charge is 0.310 e.